The molecule has 12 nitrogen and oxygen atoms in total. The molecule has 4 N–H and O–H groups in total. The van der Waals surface area contributed by atoms with Crippen molar-refractivity contribution in [3.63, 3.8) is 0 Å². The van der Waals surface area contributed by atoms with E-state index in [1.54, 1.807) is 7.11 Å². The Morgan fingerprint density at radius 3 is 2.69 bits per heavy atom. The van der Waals surface area contributed by atoms with Gasteiger partial charge in [-0.05, 0) is 77.6 Å². The maximum atomic E-state index is 14.0. The third-order valence-corrected chi connectivity index (χ3v) is 10.7. The Kier molecular flexibility index (Phi) is 8.67. The standard InChI is InChI=1S/C39H45N7O5/c1-20(2)34(45-39(48)50-5)38(47)46-17-22(18-49-4)11-32(46)37-42-29-9-7-23-13-28-26-8-6-24(31-16-41-36(43-31)30-10-21(3)15-40-30)12-25(26)19-51-33(28)14-27(23)35(29)44-37/h6-9,12-14,16,20-22,30,32,34,40H,10-11,15,17-19H2,1-5H3,(H,41,43)(H,42,44)(H,45,48)/t21-,22-,30-,32-,34-/m0/s1. The van der Waals surface area contributed by atoms with Crippen LogP contribution in [0.25, 0.3) is 44.2 Å². The zero-order valence-electron chi connectivity index (χ0n) is 29.7. The van der Waals surface area contributed by atoms with Crippen LogP contribution < -0.4 is 15.4 Å². The highest BCUT2D eigenvalue weighted by atomic mass is 16.5. The van der Waals surface area contributed by atoms with E-state index >= 15 is 0 Å². The minimum atomic E-state index is -0.732. The second-order valence-corrected chi connectivity index (χ2v) is 14.7. The highest BCUT2D eigenvalue weighted by Gasteiger charge is 2.41. The summed E-state index contributed by atoms with van der Waals surface area (Å²) < 4.78 is 16.7. The van der Waals surface area contributed by atoms with Gasteiger partial charge < -0.3 is 39.7 Å². The summed E-state index contributed by atoms with van der Waals surface area (Å²) in [5.74, 6) is 3.00. The molecule has 0 aliphatic carbocycles. The summed E-state index contributed by atoms with van der Waals surface area (Å²) in [4.78, 5) is 44.8. The third-order valence-electron chi connectivity index (χ3n) is 10.7. The lowest BCUT2D eigenvalue weighted by Gasteiger charge is -2.30. The Bertz CT molecular complexity index is 2120. The van der Waals surface area contributed by atoms with Crippen molar-refractivity contribution in [1.29, 1.82) is 0 Å². The summed E-state index contributed by atoms with van der Waals surface area (Å²) >= 11 is 0. The van der Waals surface area contributed by atoms with Gasteiger partial charge in [-0.15, -0.1) is 0 Å². The summed E-state index contributed by atoms with van der Waals surface area (Å²) in [6, 6.07) is 14.2. The number of carbonyl (C=O) groups is 2. The van der Waals surface area contributed by atoms with E-state index in [-0.39, 0.29) is 29.8 Å². The van der Waals surface area contributed by atoms with Crippen LogP contribution in [0.5, 0.6) is 5.75 Å². The van der Waals surface area contributed by atoms with Gasteiger partial charge in [0.25, 0.3) is 0 Å². The number of nitrogens with one attached hydrogen (secondary N) is 4. The Morgan fingerprint density at radius 2 is 1.92 bits per heavy atom. The van der Waals surface area contributed by atoms with E-state index in [2.05, 4.69) is 63.9 Å². The molecule has 3 aromatic carbocycles. The minimum absolute atomic E-state index is 0.129. The molecule has 5 atom stereocenters. The Labute approximate surface area is 296 Å². The van der Waals surface area contributed by atoms with Crippen LogP contribution in [0.15, 0.2) is 48.7 Å². The van der Waals surface area contributed by atoms with E-state index in [9.17, 15) is 9.59 Å². The fourth-order valence-corrected chi connectivity index (χ4v) is 8.08. The number of nitrogens with zero attached hydrogens (tertiary/aromatic N) is 3. The molecule has 2 fully saturated rings. The third kappa shape index (κ3) is 6.10. The van der Waals surface area contributed by atoms with Crippen LogP contribution in [-0.4, -0.2) is 76.8 Å². The molecule has 3 aliphatic heterocycles. The molecule has 0 radical (unpaired) electrons. The first kappa shape index (κ1) is 33.2. The molecule has 8 rings (SSSR count). The quantitative estimate of drug-likeness (QED) is 0.149. The molecule has 3 aliphatic rings. The molecule has 5 aromatic rings. The predicted octanol–water partition coefficient (Wildman–Crippen LogP) is 6.25. The van der Waals surface area contributed by atoms with Crippen LogP contribution in [0.2, 0.25) is 0 Å². The molecule has 2 aromatic heterocycles. The first-order valence-corrected chi connectivity index (χ1v) is 17.9. The largest absolute Gasteiger partial charge is 0.488 e. The van der Waals surface area contributed by atoms with Crippen molar-refractivity contribution in [3.05, 3.63) is 65.9 Å². The number of amides is 2. The predicted molar refractivity (Wildman–Crippen MR) is 194 cm³/mol. The summed E-state index contributed by atoms with van der Waals surface area (Å²) in [6.07, 6.45) is 3.07. The number of aromatic nitrogens is 4. The molecule has 5 heterocycles. The SMILES string of the molecule is COC[C@H]1C[C@@H](c2nc3ccc4cc5c(cc4c3[nH]2)OCc2cc(-c3cnc([C@@H]4C[C@H](C)CN4)[nH]3)ccc2-5)N(C(=O)[C@@H](NC(=O)OC)C(C)C)C1. The number of ether oxygens (including phenoxy) is 3. The summed E-state index contributed by atoms with van der Waals surface area (Å²) in [7, 11) is 2.97. The summed E-state index contributed by atoms with van der Waals surface area (Å²) in [5, 5.41) is 8.36. The molecule has 0 bridgehead atoms. The first-order chi connectivity index (χ1) is 24.7. The Hall–Kier alpha value is -4.94. The van der Waals surface area contributed by atoms with E-state index in [1.165, 1.54) is 7.11 Å². The van der Waals surface area contributed by atoms with Crippen LogP contribution in [0.1, 0.15) is 62.9 Å². The molecule has 2 amide bonds. The second kappa shape index (κ2) is 13.3. The van der Waals surface area contributed by atoms with E-state index < -0.39 is 12.1 Å². The van der Waals surface area contributed by atoms with Crippen molar-refractivity contribution in [2.45, 2.75) is 58.3 Å². The number of methoxy groups -OCH3 is 2. The van der Waals surface area contributed by atoms with Crippen molar-refractivity contribution in [3.8, 4) is 28.1 Å². The fraction of sp³-hybridized carbons (Fsp3) is 0.436. The van der Waals surface area contributed by atoms with E-state index in [1.807, 2.05) is 31.0 Å². The number of fused-ring (bicyclic) bond motifs is 6. The van der Waals surface area contributed by atoms with Gasteiger partial charge in [-0.1, -0.05) is 39.0 Å². The average molecular weight is 692 g/mol. The van der Waals surface area contributed by atoms with Gasteiger partial charge in [0.2, 0.25) is 5.91 Å². The molecule has 12 heteroatoms. The van der Waals surface area contributed by atoms with Crippen molar-refractivity contribution < 1.29 is 23.8 Å². The lowest BCUT2D eigenvalue weighted by molar-refractivity contribution is -0.135. The van der Waals surface area contributed by atoms with E-state index in [0.717, 1.165) is 74.3 Å². The van der Waals surface area contributed by atoms with Gasteiger partial charge in [0.05, 0.1) is 48.7 Å². The number of rotatable bonds is 8. The molecule has 51 heavy (non-hydrogen) atoms. The smallest absolute Gasteiger partial charge is 0.407 e. The zero-order chi connectivity index (χ0) is 35.4. The number of hydrogen-bond acceptors (Lipinski definition) is 8. The molecule has 0 unspecified atom stereocenters. The number of benzene rings is 3. The van der Waals surface area contributed by atoms with Crippen molar-refractivity contribution in [1.82, 2.24) is 35.5 Å². The van der Waals surface area contributed by atoms with Crippen LogP contribution in [-0.2, 0) is 20.9 Å². The van der Waals surface area contributed by atoms with Gasteiger partial charge in [0, 0.05) is 30.5 Å². The molecule has 2 saturated heterocycles. The highest BCUT2D eigenvalue weighted by Crippen LogP contribution is 2.43. The Morgan fingerprint density at radius 1 is 1.06 bits per heavy atom. The van der Waals surface area contributed by atoms with Crippen molar-refractivity contribution >= 4 is 33.8 Å². The number of aromatic amines is 2. The van der Waals surface area contributed by atoms with E-state index in [4.69, 9.17) is 24.2 Å². The van der Waals surface area contributed by atoms with Crippen LogP contribution >= 0.6 is 0 Å². The fourth-order valence-electron chi connectivity index (χ4n) is 8.08. The molecule has 0 spiro atoms. The number of likely N-dealkylation sites (tertiary alicyclic amines) is 1. The zero-order valence-corrected chi connectivity index (χ0v) is 29.7. The molecule has 266 valence electrons. The number of hydrogen-bond donors (Lipinski definition) is 4. The minimum Gasteiger partial charge on any atom is -0.488 e. The second-order valence-electron chi connectivity index (χ2n) is 14.7. The lowest BCUT2D eigenvalue weighted by Crippen LogP contribution is -2.51. The molecular weight excluding hydrogens is 646 g/mol. The lowest BCUT2D eigenvalue weighted by atomic mass is 9.92. The molecular formula is C39H45N7O5. The first-order valence-electron chi connectivity index (χ1n) is 17.9. The summed E-state index contributed by atoms with van der Waals surface area (Å²) in [6.45, 7) is 8.59. The monoisotopic (exact) mass is 691 g/mol. The maximum Gasteiger partial charge on any atom is 0.407 e. The van der Waals surface area contributed by atoms with Gasteiger partial charge in [-0.25, -0.2) is 14.8 Å². The maximum absolute atomic E-state index is 14.0. The van der Waals surface area contributed by atoms with Crippen LogP contribution in [0, 0.1) is 17.8 Å². The Balaban J connectivity index is 1.10. The molecule has 0 saturated carbocycles. The number of carbonyl (C=O) groups excluding carboxylic acids is 2. The van der Waals surface area contributed by atoms with Crippen molar-refractivity contribution in [2.24, 2.45) is 17.8 Å². The van der Waals surface area contributed by atoms with Gasteiger partial charge in [-0.3, -0.25) is 4.79 Å². The highest BCUT2D eigenvalue weighted by molar-refractivity contribution is 6.07. The van der Waals surface area contributed by atoms with Gasteiger partial charge in [0.1, 0.15) is 30.0 Å². The van der Waals surface area contributed by atoms with Gasteiger partial charge >= 0.3 is 6.09 Å². The van der Waals surface area contributed by atoms with E-state index in [0.29, 0.717) is 37.9 Å². The number of alkyl carbamates (subject to hydrolysis) is 1. The van der Waals surface area contributed by atoms with Crippen molar-refractivity contribution in [2.75, 3.05) is 33.9 Å². The number of imidazole rings is 2. The average Bonchev–Trinajstić information content (AvgIpc) is 3.95. The van der Waals surface area contributed by atoms with Crippen LogP contribution in [0.4, 0.5) is 4.79 Å². The van der Waals surface area contributed by atoms with Crippen LogP contribution in [0.3, 0.4) is 0 Å². The normalized spacial score (nSPS) is 21.9. The topological polar surface area (TPSA) is 146 Å². The number of H-pyrrole nitrogens is 2. The van der Waals surface area contributed by atoms with Gasteiger partial charge in [-0.2, -0.15) is 0 Å². The van der Waals surface area contributed by atoms with Gasteiger partial charge in [0.15, 0.2) is 0 Å². The summed E-state index contributed by atoms with van der Waals surface area (Å²) in [5.41, 5.74) is 7.14.